The number of benzene rings is 12. The summed E-state index contributed by atoms with van der Waals surface area (Å²) in [5, 5.41) is 0. The molecule has 0 fully saturated rings. The number of para-hydroxylation sites is 5. The molecule has 2 spiro atoms. The zero-order valence-electron chi connectivity index (χ0n) is 41.9. The fraction of sp³-hybridized carbons (Fsp3) is 0.0270. The van der Waals surface area contributed by atoms with Crippen molar-refractivity contribution in [2.24, 2.45) is 0 Å². The molecule has 2 heterocycles. The Hall–Kier alpha value is -9.96. The summed E-state index contributed by atoms with van der Waals surface area (Å²) in [6, 6.07) is 104. The Morgan fingerprint density at radius 1 is 0.234 bits per heavy atom. The van der Waals surface area contributed by atoms with Crippen molar-refractivity contribution in [2.45, 2.75) is 10.8 Å². The lowest BCUT2D eigenvalue weighted by Crippen LogP contribution is -2.32. The van der Waals surface area contributed by atoms with Crippen molar-refractivity contribution in [1.82, 2.24) is 0 Å². The van der Waals surface area contributed by atoms with Crippen molar-refractivity contribution in [2.75, 3.05) is 4.90 Å². The maximum absolute atomic E-state index is 6.69. The van der Waals surface area contributed by atoms with E-state index in [1.165, 1.54) is 61.2 Å². The first kappa shape index (κ1) is 43.4. The molecule has 0 atom stereocenters. The van der Waals surface area contributed by atoms with Crippen LogP contribution in [-0.4, -0.2) is 0 Å². The van der Waals surface area contributed by atoms with E-state index < -0.39 is 10.8 Å². The van der Waals surface area contributed by atoms with Gasteiger partial charge in [-0.15, -0.1) is 0 Å². The maximum atomic E-state index is 6.69. The second-order valence-electron chi connectivity index (χ2n) is 20.6. The monoisotopic (exact) mass is 981 g/mol. The molecule has 0 amide bonds. The Balaban J connectivity index is 0.886. The average Bonchev–Trinajstić information content (AvgIpc) is 4.15. The second-order valence-corrected chi connectivity index (χ2v) is 20.6. The van der Waals surface area contributed by atoms with Crippen LogP contribution in [0.3, 0.4) is 0 Å². The standard InChI is InChI=1S/C74H47NO2/c1-2-20-48(21-3-1)49-40-43-52(44-41-49)75(53-23-18-22-50(46-53)55-27-19-34-66-72(55)57-26-5-8-29-60(57)74(66)64-32-11-16-38-70(64)77-71-39-17-12-33-65(71)74)67-35-13-6-24-54(67)51-42-45-61-58(47-51)56-25-4-7-28-59(56)73(61)62-30-9-14-36-68(62)76-69-37-15-10-31-63(69)73/h1-47H. The van der Waals surface area contributed by atoms with Crippen LogP contribution >= 0.6 is 0 Å². The van der Waals surface area contributed by atoms with Gasteiger partial charge in [0.1, 0.15) is 23.0 Å². The molecule has 16 rings (SSSR count). The van der Waals surface area contributed by atoms with Gasteiger partial charge in [-0.05, 0) is 133 Å². The van der Waals surface area contributed by atoms with E-state index in [1.54, 1.807) is 0 Å². The Kier molecular flexibility index (Phi) is 9.47. The maximum Gasteiger partial charge on any atom is 0.132 e. The predicted molar refractivity (Wildman–Crippen MR) is 312 cm³/mol. The molecule has 3 heteroatoms. The molecule has 0 bridgehead atoms. The molecule has 0 radical (unpaired) electrons. The molecule has 12 aromatic rings. The van der Waals surface area contributed by atoms with E-state index in [0.717, 1.165) is 79.0 Å². The molecular weight excluding hydrogens is 935 g/mol. The van der Waals surface area contributed by atoms with Crippen molar-refractivity contribution < 1.29 is 9.47 Å². The minimum Gasteiger partial charge on any atom is -0.457 e. The summed E-state index contributed by atoms with van der Waals surface area (Å²) in [7, 11) is 0. The van der Waals surface area contributed by atoms with Crippen molar-refractivity contribution in [3.8, 4) is 78.6 Å². The first-order valence-electron chi connectivity index (χ1n) is 26.6. The highest BCUT2D eigenvalue weighted by atomic mass is 16.5. The Morgan fingerprint density at radius 3 is 1.29 bits per heavy atom. The van der Waals surface area contributed by atoms with E-state index in [4.69, 9.17) is 9.47 Å². The summed E-state index contributed by atoms with van der Waals surface area (Å²) >= 11 is 0. The number of ether oxygens (including phenoxy) is 2. The molecule has 12 aromatic carbocycles. The number of fused-ring (bicyclic) bond motifs is 18. The summed E-state index contributed by atoms with van der Waals surface area (Å²) in [6.07, 6.45) is 0. The van der Waals surface area contributed by atoms with E-state index in [-0.39, 0.29) is 0 Å². The quantitative estimate of drug-likeness (QED) is 0.166. The summed E-state index contributed by atoms with van der Waals surface area (Å²) in [6.45, 7) is 0. The topological polar surface area (TPSA) is 21.7 Å². The normalized spacial score (nSPS) is 13.9. The van der Waals surface area contributed by atoms with Crippen LogP contribution in [0.15, 0.2) is 285 Å². The summed E-state index contributed by atoms with van der Waals surface area (Å²) in [5.41, 5.74) is 23.7. The van der Waals surface area contributed by atoms with Gasteiger partial charge in [-0.1, -0.05) is 224 Å². The highest BCUT2D eigenvalue weighted by Gasteiger charge is 2.53. The van der Waals surface area contributed by atoms with Crippen LogP contribution < -0.4 is 14.4 Å². The fourth-order valence-corrected chi connectivity index (χ4v) is 13.8. The molecule has 0 saturated carbocycles. The van der Waals surface area contributed by atoms with Gasteiger partial charge in [0.15, 0.2) is 0 Å². The van der Waals surface area contributed by atoms with E-state index in [0.29, 0.717) is 0 Å². The van der Waals surface area contributed by atoms with E-state index >= 15 is 0 Å². The van der Waals surface area contributed by atoms with Gasteiger partial charge in [-0.3, -0.25) is 0 Å². The molecule has 0 saturated heterocycles. The van der Waals surface area contributed by atoms with Gasteiger partial charge in [-0.2, -0.15) is 0 Å². The second kappa shape index (κ2) is 16.8. The molecule has 2 aliphatic heterocycles. The number of hydrogen-bond acceptors (Lipinski definition) is 3. The zero-order chi connectivity index (χ0) is 50.7. The van der Waals surface area contributed by atoms with Crippen LogP contribution in [0.5, 0.6) is 23.0 Å². The molecule has 77 heavy (non-hydrogen) atoms. The van der Waals surface area contributed by atoms with Gasteiger partial charge in [0, 0.05) is 39.2 Å². The van der Waals surface area contributed by atoms with Gasteiger partial charge in [0.05, 0.1) is 16.5 Å². The lowest BCUT2D eigenvalue weighted by molar-refractivity contribution is 0.436. The van der Waals surface area contributed by atoms with Crippen LogP contribution in [-0.2, 0) is 10.8 Å². The summed E-state index contributed by atoms with van der Waals surface area (Å²) in [5.74, 6) is 3.56. The molecule has 0 N–H and O–H groups in total. The predicted octanol–water partition coefficient (Wildman–Crippen LogP) is 19.1. The third kappa shape index (κ3) is 6.14. The number of nitrogens with zero attached hydrogens (tertiary/aromatic N) is 1. The Bertz CT molecular complexity index is 4270. The van der Waals surface area contributed by atoms with Crippen LogP contribution in [0.4, 0.5) is 17.1 Å². The van der Waals surface area contributed by atoms with Crippen LogP contribution in [0.1, 0.15) is 44.5 Å². The highest BCUT2D eigenvalue weighted by Crippen LogP contribution is 2.65. The molecule has 3 nitrogen and oxygen atoms in total. The van der Waals surface area contributed by atoms with Crippen LogP contribution in [0.2, 0.25) is 0 Å². The molecule has 0 aromatic heterocycles. The van der Waals surface area contributed by atoms with Crippen LogP contribution in [0, 0.1) is 0 Å². The average molecular weight is 982 g/mol. The number of rotatable bonds is 6. The molecular formula is C74H47NO2. The lowest BCUT2D eigenvalue weighted by Gasteiger charge is -2.39. The molecule has 360 valence electrons. The van der Waals surface area contributed by atoms with Crippen molar-refractivity contribution in [3.63, 3.8) is 0 Å². The first-order chi connectivity index (χ1) is 38.2. The minimum atomic E-state index is -0.565. The third-order valence-electron chi connectivity index (χ3n) is 16.8. The van der Waals surface area contributed by atoms with Gasteiger partial charge in [0.25, 0.3) is 0 Å². The number of hydrogen-bond donors (Lipinski definition) is 0. The SMILES string of the molecule is c1ccc(-c2ccc(N(c3cccc(-c4cccc5c4-c4ccccc4C54c5ccccc5Oc5ccccc54)c3)c3ccccc3-c3ccc4c(c3)-c3ccccc3C43c4ccccc4Oc4ccccc43)cc2)cc1. The largest absolute Gasteiger partial charge is 0.457 e. The zero-order valence-corrected chi connectivity index (χ0v) is 41.9. The number of anilines is 3. The highest BCUT2D eigenvalue weighted by molar-refractivity contribution is 5.99. The molecule has 2 aliphatic carbocycles. The Labute approximate surface area is 448 Å². The minimum absolute atomic E-state index is 0.544. The van der Waals surface area contributed by atoms with E-state index in [1.807, 2.05) is 0 Å². The lowest BCUT2D eigenvalue weighted by atomic mass is 9.66. The first-order valence-corrected chi connectivity index (χ1v) is 26.6. The van der Waals surface area contributed by atoms with Gasteiger partial charge >= 0.3 is 0 Å². The molecule has 4 aliphatic rings. The van der Waals surface area contributed by atoms with Crippen molar-refractivity contribution in [1.29, 1.82) is 0 Å². The smallest absolute Gasteiger partial charge is 0.132 e. The van der Waals surface area contributed by atoms with Crippen LogP contribution in [0.25, 0.3) is 55.6 Å². The fourth-order valence-electron chi connectivity index (χ4n) is 13.8. The van der Waals surface area contributed by atoms with E-state index in [9.17, 15) is 0 Å². The third-order valence-corrected chi connectivity index (χ3v) is 16.8. The Morgan fingerprint density at radius 2 is 0.649 bits per heavy atom. The molecule has 0 unspecified atom stereocenters. The van der Waals surface area contributed by atoms with Crippen molar-refractivity contribution in [3.05, 3.63) is 330 Å². The van der Waals surface area contributed by atoms with E-state index in [2.05, 4.69) is 290 Å². The van der Waals surface area contributed by atoms with Gasteiger partial charge in [-0.25, -0.2) is 0 Å². The van der Waals surface area contributed by atoms with Crippen molar-refractivity contribution >= 4 is 17.1 Å². The summed E-state index contributed by atoms with van der Waals surface area (Å²) < 4.78 is 13.4. The van der Waals surface area contributed by atoms with Gasteiger partial charge in [0.2, 0.25) is 0 Å². The van der Waals surface area contributed by atoms with Gasteiger partial charge < -0.3 is 14.4 Å². The summed E-state index contributed by atoms with van der Waals surface area (Å²) in [4.78, 5) is 2.45.